The number of hydrogen-bond acceptors (Lipinski definition) is 4. The van der Waals surface area contributed by atoms with Crippen molar-refractivity contribution in [3.63, 3.8) is 0 Å². The van der Waals surface area contributed by atoms with Gasteiger partial charge in [0.05, 0.1) is 7.11 Å². The molecule has 0 spiro atoms. The number of methoxy groups -OCH3 is 1. The standard InChI is InChI=1S/C22H26FN3O3/c1-29-19-14-17(2-3-18(19)23)15-22(10-5-21(28)26-22)9-4-20(27)25-13-8-16-6-11-24-12-7-16/h2-3,6-7,11-12,14H,4-5,8-10,13,15H2,1H3,(H,25,27)(H,26,28)/t22-/m1/s1. The van der Waals surface area contributed by atoms with Crippen molar-refractivity contribution in [2.24, 2.45) is 0 Å². The lowest BCUT2D eigenvalue weighted by molar-refractivity contribution is -0.122. The summed E-state index contributed by atoms with van der Waals surface area (Å²) in [6.07, 6.45) is 6.65. The second-order valence-corrected chi connectivity index (χ2v) is 7.43. The minimum Gasteiger partial charge on any atom is -0.494 e. The maximum atomic E-state index is 13.7. The van der Waals surface area contributed by atoms with Gasteiger partial charge in [-0.25, -0.2) is 4.39 Å². The Hall–Kier alpha value is -2.96. The second-order valence-electron chi connectivity index (χ2n) is 7.43. The van der Waals surface area contributed by atoms with E-state index in [4.69, 9.17) is 4.74 Å². The summed E-state index contributed by atoms with van der Waals surface area (Å²) >= 11 is 0. The molecule has 1 aromatic carbocycles. The molecule has 0 saturated carbocycles. The van der Waals surface area contributed by atoms with Crippen LogP contribution in [0.4, 0.5) is 4.39 Å². The number of nitrogens with zero attached hydrogens (tertiary/aromatic N) is 1. The molecule has 1 aliphatic heterocycles. The molecule has 1 aliphatic rings. The first-order valence-electron chi connectivity index (χ1n) is 9.79. The van der Waals surface area contributed by atoms with Crippen LogP contribution in [0, 0.1) is 5.82 Å². The highest BCUT2D eigenvalue weighted by Gasteiger charge is 2.38. The fourth-order valence-corrected chi connectivity index (χ4v) is 3.72. The molecule has 2 amide bonds. The van der Waals surface area contributed by atoms with Crippen LogP contribution in [0.2, 0.25) is 0 Å². The third kappa shape index (κ3) is 5.76. The predicted octanol–water partition coefficient (Wildman–Crippen LogP) is 2.56. The van der Waals surface area contributed by atoms with Crippen molar-refractivity contribution >= 4 is 11.8 Å². The van der Waals surface area contributed by atoms with E-state index in [1.54, 1.807) is 24.5 Å². The molecule has 2 N–H and O–H groups in total. The van der Waals surface area contributed by atoms with Gasteiger partial charge in [-0.1, -0.05) is 6.07 Å². The molecule has 7 heteroatoms. The minimum absolute atomic E-state index is 0.0165. The molecule has 2 heterocycles. The Morgan fingerprint density at radius 2 is 2.07 bits per heavy atom. The summed E-state index contributed by atoms with van der Waals surface area (Å²) in [6.45, 7) is 0.553. The highest BCUT2D eigenvalue weighted by atomic mass is 19.1. The Balaban J connectivity index is 1.56. The van der Waals surface area contributed by atoms with Crippen LogP contribution in [0.1, 0.15) is 36.8 Å². The van der Waals surface area contributed by atoms with Crippen molar-refractivity contribution < 1.29 is 18.7 Å². The molecule has 2 aromatic rings. The number of rotatable bonds is 9. The van der Waals surface area contributed by atoms with Gasteiger partial charge >= 0.3 is 0 Å². The van der Waals surface area contributed by atoms with Crippen molar-refractivity contribution in [2.75, 3.05) is 13.7 Å². The third-order valence-electron chi connectivity index (χ3n) is 5.31. The number of aromatic nitrogens is 1. The van der Waals surface area contributed by atoms with Crippen molar-refractivity contribution in [3.05, 3.63) is 59.7 Å². The van der Waals surface area contributed by atoms with Gasteiger partial charge in [0.25, 0.3) is 0 Å². The van der Waals surface area contributed by atoms with E-state index in [0.29, 0.717) is 38.6 Å². The maximum Gasteiger partial charge on any atom is 0.220 e. The van der Waals surface area contributed by atoms with Crippen LogP contribution in [0.25, 0.3) is 0 Å². The molecule has 29 heavy (non-hydrogen) atoms. The SMILES string of the molecule is COc1cc(C[C@@]2(CCC(=O)NCCc3ccncc3)CCC(=O)N2)ccc1F. The predicted molar refractivity (Wildman–Crippen MR) is 107 cm³/mol. The molecular formula is C22H26FN3O3. The van der Waals surface area contributed by atoms with Crippen molar-refractivity contribution in [1.29, 1.82) is 0 Å². The van der Waals surface area contributed by atoms with E-state index in [0.717, 1.165) is 17.5 Å². The summed E-state index contributed by atoms with van der Waals surface area (Å²) in [5.41, 5.74) is 1.48. The van der Waals surface area contributed by atoms with Gasteiger partial charge in [0.1, 0.15) is 0 Å². The van der Waals surface area contributed by atoms with Gasteiger partial charge in [0, 0.05) is 37.3 Å². The zero-order valence-electron chi connectivity index (χ0n) is 16.5. The monoisotopic (exact) mass is 399 g/mol. The zero-order chi connectivity index (χ0) is 20.7. The molecule has 1 fully saturated rings. The molecule has 0 radical (unpaired) electrons. The number of pyridine rings is 1. The summed E-state index contributed by atoms with van der Waals surface area (Å²) in [5, 5.41) is 5.98. The molecule has 0 unspecified atom stereocenters. The molecule has 0 aliphatic carbocycles. The van der Waals surface area contributed by atoms with Crippen LogP contribution in [0.3, 0.4) is 0 Å². The Bertz CT molecular complexity index is 860. The average molecular weight is 399 g/mol. The lowest BCUT2D eigenvalue weighted by atomic mass is 9.85. The van der Waals surface area contributed by atoms with Crippen LogP contribution >= 0.6 is 0 Å². The quantitative estimate of drug-likeness (QED) is 0.679. The van der Waals surface area contributed by atoms with E-state index in [9.17, 15) is 14.0 Å². The van der Waals surface area contributed by atoms with Gasteiger partial charge in [0.15, 0.2) is 11.6 Å². The summed E-state index contributed by atoms with van der Waals surface area (Å²) in [4.78, 5) is 28.2. The van der Waals surface area contributed by atoms with Gasteiger partial charge in [0.2, 0.25) is 11.8 Å². The van der Waals surface area contributed by atoms with Crippen LogP contribution in [-0.2, 0) is 22.4 Å². The van der Waals surface area contributed by atoms with Gasteiger partial charge in [-0.15, -0.1) is 0 Å². The van der Waals surface area contributed by atoms with Crippen molar-refractivity contribution in [2.45, 2.75) is 44.1 Å². The molecular weight excluding hydrogens is 373 g/mol. The number of hydrogen-bond donors (Lipinski definition) is 2. The molecule has 0 bridgehead atoms. The van der Waals surface area contributed by atoms with Crippen LogP contribution in [0.15, 0.2) is 42.7 Å². The Kier molecular flexibility index (Phi) is 6.80. The normalized spacial score (nSPS) is 18.3. The average Bonchev–Trinajstić information content (AvgIpc) is 3.09. The number of nitrogens with one attached hydrogen (secondary N) is 2. The molecule has 6 nitrogen and oxygen atoms in total. The first-order valence-corrected chi connectivity index (χ1v) is 9.79. The van der Waals surface area contributed by atoms with Gasteiger partial charge in [-0.3, -0.25) is 14.6 Å². The lowest BCUT2D eigenvalue weighted by Crippen LogP contribution is -2.44. The van der Waals surface area contributed by atoms with Crippen LogP contribution in [0.5, 0.6) is 5.75 Å². The van der Waals surface area contributed by atoms with Gasteiger partial charge < -0.3 is 15.4 Å². The Morgan fingerprint density at radius 3 is 2.76 bits per heavy atom. The van der Waals surface area contributed by atoms with Crippen molar-refractivity contribution in [1.82, 2.24) is 15.6 Å². The van der Waals surface area contributed by atoms with Gasteiger partial charge in [-0.2, -0.15) is 0 Å². The first kappa shape index (κ1) is 20.8. The second kappa shape index (κ2) is 9.49. The molecule has 1 aromatic heterocycles. The fourth-order valence-electron chi connectivity index (χ4n) is 3.72. The Morgan fingerprint density at radius 1 is 1.28 bits per heavy atom. The van der Waals surface area contributed by atoms with E-state index in [1.807, 2.05) is 12.1 Å². The molecule has 154 valence electrons. The smallest absolute Gasteiger partial charge is 0.220 e. The van der Waals surface area contributed by atoms with Gasteiger partial charge in [-0.05, 0) is 61.1 Å². The number of carbonyl (C=O) groups excluding carboxylic acids is 2. The summed E-state index contributed by atoms with van der Waals surface area (Å²) in [5.74, 6) is -0.307. The fraction of sp³-hybridized carbons (Fsp3) is 0.409. The van der Waals surface area contributed by atoms with E-state index in [-0.39, 0.29) is 17.6 Å². The number of benzene rings is 1. The summed E-state index contributed by atoms with van der Waals surface area (Å²) in [6, 6.07) is 8.55. The summed E-state index contributed by atoms with van der Waals surface area (Å²) in [7, 11) is 1.42. The van der Waals surface area contributed by atoms with E-state index in [2.05, 4.69) is 15.6 Å². The van der Waals surface area contributed by atoms with Crippen molar-refractivity contribution in [3.8, 4) is 5.75 Å². The summed E-state index contributed by atoms with van der Waals surface area (Å²) < 4.78 is 18.7. The zero-order valence-corrected chi connectivity index (χ0v) is 16.5. The highest BCUT2D eigenvalue weighted by Crippen LogP contribution is 2.31. The minimum atomic E-state index is -0.498. The van der Waals surface area contributed by atoms with Crippen LogP contribution < -0.4 is 15.4 Å². The Labute approximate surface area is 169 Å². The third-order valence-corrected chi connectivity index (χ3v) is 5.31. The lowest BCUT2D eigenvalue weighted by Gasteiger charge is -2.29. The first-order chi connectivity index (χ1) is 14.0. The largest absolute Gasteiger partial charge is 0.494 e. The number of ether oxygens (including phenoxy) is 1. The van der Waals surface area contributed by atoms with E-state index < -0.39 is 11.4 Å². The topological polar surface area (TPSA) is 80.3 Å². The van der Waals surface area contributed by atoms with E-state index >= 15 is 0 Å². The van der Waals surface area contributed by atoms with Crippen LogP contribution in [-0.4, -0.2) is 36.0 Å². The molecule has 3 rings (SSSR count). The number of halogens is 1. The number of carbonyl (C=O) groups is 2. The number of amides is 2. The highest BCUT2D eigenvalue weighted by molar-refractivity contribution is 5.80. The maximum absolute atomic E-state index is 13.7. The molecule has 1 atom stereocenters. The molecule has 1 saturated heterocycles. The van der Waals surface area contributed by atoms with E-state index in [1.165, 1.54) is 13.2 Å².